The lowest BCUT2D eigenvalue weighted by molar-refractivity contribution is -0.763. The molecule has 0 atom stereocenters. The number of hydrogen-bond donors (Lipinski definition) is 1. The Morgan fingerprint density at radius 2 is 1.69 bits per heavy atom. The molecule has 2 heterocycles. The van der Waals surface area contributed by atoms with Crippen LogP contribution in [0.3, 0.4) is 0 Å². The molecule has 6 aromatic rings. The van der Waals surface area contributed by atoms with Crippen LogP contribution in [0.2, 0.25) is 0 Å². The maximum Gasteiger partial charge on any atom is 0.515 e. The summed E-state index contributed by atoms with van der Waals surface area (Å²) in [6, 6.07) is 26.6. The summed E-state index contributed by atoms with van der Waals surface area (Å²) in [6.45, 7) is 1.72. The number of carbonyl (C=O) groups excluding carboxylic acids is 1. The second-order valence-corrected chi connectivity index (χ2v) is 10.4. The molecule has 0 bridgehead atoms. The van der Waals surface area contributed by atoms with Crippen LogP contribution in [-0.2, 0) is 29.5 Å². The van der Waals surface area contributed by atoms with Gasteiger partial charge in [0.1, 0.15) is 12.4 Å². The Labute approximate surface area is 277 Å². The minimum absolute atomic E-state index is 0.0413. The van der Waals surface area contributed by atoms with Crippen molar-refractivity contribution in [3.63, 3.8) is 0 Å². The van der Waals surface area contributed by atoms with Crippen molar-refractivity contribution in [2.24, 2.45) is 0 Å². The number of rotatable bonds is 13. The SMILES string of the molecule is CCOc1nc2cccc(C(=O)O)c2n1Cc1ccc(-c2ccccc2-c2nnn(COC(=O)Oc3ccccc3CO[N+](=O)[O-])n2)cc1. The van der Waals surface area contributed by atoms with E-state index in [4.69, 9.17) is 14.2 Å². The molecule has 0 unspecified atom stereocenters. The Balaban J connectivity index is 1.16. The highest BCUT2D eigenvalue weighted by atomic mass is 16.9. The number of carbonyl (C=O) groups is 2. The topological polar surface area (TPSA) is 196 Å². The lowest BCUT2D eigenvalue weighted by Gasteiger charge is -2.12. The van der Waals surface area contributed by atoms with E-state index in [1.54, 1.807) is 34.9 Å². The van der Waals surface area contributed by atoms with Crippen LogP contribution < -0.4 is 9.47 Å². The molecule has 0 radical (unpaired) electrons. The molecule has 0 saturated carbocycles. The van der Waals surface area contributed by atoms with E-state index in [0.717, 1.165) is 21.5 Å². The van der Waals surface area contributed by atoms with Gasteiger partial charge in [-0.3, -0.25) is 4.57 Å². The van der Waals surface area contributed by atoms with Gasteiger partial charge < -0.3 is 24.2 Å². The van der Waals surface area contributed by atoms with Gasteiger partial charge >= 0.3 is 12.1 Å². The van der Waals surface area contributed by atoms with Crippen molar-refractivity contribution >= 4 is 23.2 Å². The van der Waals surface area contributed by atoms with Crippen LogP contribution in [0.1, 0.15) is 28.4 Å². The first-order chi connectivity index (χ1) is 23.8. The van der Waals surface area contributed by atoms with Crippen LogP contribution in [0.5, 0.6) is 11.8 Å². The van der Waals surface area contributed by atoms with Gasteiger partial charge in [-0.25, -0.2) is 9.59 Å². The van der Waals surface area contributed by atoms with E-state index in [1.165, 1.54) is 12.1 Å². The summed E-state index contributed by atoms with van der Waals surface area (Å²) in [4.78, 5) is 44.8. The molecule has 0 saturated heterocycles. The first-order valence-corrected chi connectivity index (χ1v) is 14.8. The van der Waals surface area contributed by atoms with Gasteiger partial charge in [-0.1, -0.05) is 72.8 Å². The minimum Gasteiger partial charge on any atom is -0.478 e. The number of imidazole rings is 1. The summed E-state index contributed by atoms with van der Waals surface area (Å²) < 4.78 is 17.8. The zero-order chi connectivity index (χ0) is 34.3. The number of fused-ring (bicyclic) bond motifs is 1. The first-order valence-electron chi connectivity index (χ1n) is 14.8. The van der Waals surface area contributed by atoms with E-state index in [-0.39, 0.29) is 22.7 Å². The summed E-state index contributed by atoms with van der Waals surface area (Å²) in [5, 5.41) is 31.9. The summed E-state index contributed by atoms with van der Waals surface area (Å²) in [6.07, 6.45) is -1.08. The number of para-hydroxylation sites is 2. The zero-order valence-corrected chi connectivity index (χ0v) is 25.8. The predicted molar refractivity (Wildman–Crippen MR) is 171 cm³/mol. The van der Waals surface area contributed by atoms with Crippen molar-refractivity contribution in [2.45, 2.75) is 26.8 Å². The van der Waals surface area contributed by atoms with E-state index in [9.17, 15) is 24.8 Å². The molecule has 16 nitrogen and oxygen atoms in total. The largest absolute Gasteiger partial charge is 0.515 e. The lowest BCUT2D eigenvalue weighted by Crippen LogP contribution is -2.16. The van der Waals surface area contributed by atoms with Crippen molar-refractivity contribution in [3.8, 4) is 34.3 Å². The van der Waals surface area contributed by atoms with Gasteiger partial charge in [-0.2, -0.15) is 4.98 Å². The molecule has 1 N–H and O–H groups in total. The average molecular weight is 666 g/mol. The van der Waals surface area contributed by atoms with Gasteiger partial charge in [0.25, 0.3) is 11.1 Å². The molecule has 4 aromatic carbocycles. The number of carboxylic acid groups (broad SMARTS) is 1. The van der Waals surface area contributed by atoms with E-state index in [0.29, 0.717) is 35.8 Å². The molecule has 16 heteroatoms. The van der Waals surface area contributed by atoms with Crippen LogP contribution in [0.4, 0.5) is 4.79 Å². The Morgan fingerprint density at radius 3 is 2.45 bits per heavy atom. The summed E-state index contributed by atoms with van der Waals surface area (Å²) in [5.74, 6) is -0.728. The molecule has 2 aromatic heterocycles. The van der Waals surface area contributed by atoms with Gasteiger partial charge in [0.15, 0.2) is 0 Å². The number of benzene rings is 4. The molecule has 248 valence electrons. The molecule has 49 heavy (non-hydrogen) atoms. The van der Waals surface area contributed by atoms with E-state index in [2.05, 4.69) is 25.2 Å². The van der Waals surface area contributed by atoms with Crippen LogP contribution >= 0.6 is 0 Å². The third-order valence-electron chi connectivity index (χ3n) is 7.25. The number of aromatic carboxylic acids is 1. The molecule has 6 rings (SSSR count). The van der Waals surface area contributed by atoms with Crippen LogP contribution in [0.15, 0.2) is 91.0 Å². The maximum atomic E-state index is 12.3. The Kier molecular flexibility index (Phi) is 9.37. The number of ether oxygens (including phenoxy) is 3. The van der Waals surface area contributed by atoms with Crippen LogP contribution in [0.25, 0.3) is 33.5 Å². The maximum absolute atomic E-state index is 12.3. The second kappa shape index (κ2) is 14.3. The smallest absolute Gasteiger partial charge is 0.478 e. The standard InChI is InChI=1S/C33H27N7O9/c1-2-46-32-34-27-12-7-11-26(31(41)42)29(27)38(32)18-21-14-16-22(17-15-21)24-9-4-5-10-25(24)30-35-37-39(36-30)20-47-33(43)49-28-13-6-3-8-23(28)19-48-40(44)45/h3-17H,2,18-20H2,1H3,(H,41,42). The molecule has 0 aliphatic carbocycles. The average Bonchev–Trinajstić information content (AvgIpc) is 3.72. The highest BCUT2D eigenvalue weighted by Crippen LogP contribution is 2.31. The van der Waals surface area contributed by atoms with Gasteiger partial charge in [0, 0.05) is 11.1 Å². The molecule has 0 aliphatic heterocycles. The normalized spacial score (nSPS) is 10.9. The number of hydrogen-bond acceptors (Lipinski definition) is 12. The van der Waals surface area contributed by atoms with E-state index in [1.807, 2.05) is 55.5 Å². The monoisotopic (exact) mass is 665 g/mol. The fourth-order valence-corrected chi connectivity index (χ4v) is 5.11. The molecule has 0 aliphatic rings. The van der Waals surface area contributed by atoms with Crippen LogP contribution in [0, 0.1) is 10.1 Å². The minimum atomic E-state index is -1.08. The van der Waals surface area contributed by atoms with Crippen molar-refractivity contribution in [3.05, 3.63) is 118 Å². The summed E-state index contributed by atoms with van der Waals surface area (Å²) >= 11 is 0. The number of nitrogens with zero attached hydrogens (tertiary/aromatic N) is 7. The first kappa shape index (κ1) is 32.1. The third kappa shape index (κ3) is 7.27. The van der Waals surface area contributed by atoms with E-state index < -0.39 is 30.5 Å². The van der Waals surface area contributed by atoms with Crippen LogP contribution in [-0.4, -0.2) is 58.7 Å². The van der Waals surface area contributed by atoms with Gasteiger partial charge in [0.05, 0.1) is 29.7 Å². The Bertz CT molecular complexity index is 2140. The zero-order valence-electron chi connectivity index (χ0n) is 25.8. The fraction of sp³-hybridized carbons (Fsp3) is 0.152. The number of aromatic nitrogens is 6. The number of tetrazole rings is 1. The van der Waals surface area contributed by atoms with Crippen molar-refractivity contribution < 1.29 is 38.8 Å². The second-order valence-electron chi connectivity index (χ2n) is 10.4. The lowest BCUT2D eigenvalue weighted by atomic mass is 9.98. The van der Waals surface area contributed by atoms with Crippen molar-refractivity contribution in [1.82, 2.24) is 29.8 Å². The predicted octanol–water partition coefficient (Wildman–Crippen LogP) is 5.38. The Morgan fingerprint density at radius 1 is 0.939 bits per heavy atom. The molecular weight excluding hydrogens is 638 g/mol. The highest BCUT2D eigenvalue weighted by molar-refractivity contribution is 6.01. The number of carboxylic acids is 1. The highest BCUT2D eigenvalue weighted by Gasteiger charge is 2.20. The van der Waals surface area contributed by atoms with Gasteiger partial charge in [0.2, 0.25) is 12.6 Å². The summed E-state index contributed by atoms with van der Waals surface area (Å²) in [7, 11) is 0. The molecule has 0 amide bonds. The molecular formula is C33H27N7O9. The van der Waals surface area contributed by atoms with Crippen molar-refractivity contribution in [2.75, 3.05) is 6.61 Å². The Hall–Kier alpha value is -6.84. The third-order valence-corrected chi connectivity index (χ3v) is 7.25. The fourth-order valence-electron chi connectivity index (χ4n) is 5.11. The quantitative estimate of drug-likeness (QED) is 0.0715. The van der Waals surface area contributed by atoms with Crippen molar-refractivity contribution in [1.29, 1.82) is 0 Å². The van der Waals surface area contributed by atoms with Gasteiger partial charge in [-0.15, -0.1) is 25.1 Å². The van der Waals surface area contributed by atoms with E-state index >= 15 is 0 Å². The summed E-state index contributed by atoms with van der Waals surface area (Å²) in [5.41, 5.74) is 4.67. The molecule has 0 fully saturated rings. The van der Waals surface area contributed by atoms with Gasteiger partial charge in [-0.05, 0) is 47.0 Å². The molecule has 0 spiro atoms.